The van der Waals surface area contributed by atoms with Crippen molar-refractivity contribution in [1.29, 1.82) is 0 Å². The highest BCUT2D eigenvalue weighted by atomic mass is 19.1. The normalized spacial score (nSPS) is 14.4. The molecule has 0 bridgehead atoms. The number of carbonyl (C=O) groups is 2. The third-order valence-corrected chi connectivity index (χ3v) is 5.35. The van der Waals surface area contributed by atoms with Crippen LogP contribution in [0.2, 0.25) is 0 Å². The van der Waals surface area contributed by atoms with E-state index in [2.05, 4.69) is 20.4 Å². The summed E-state index contributed by atoms with van der Waals surface area (Å²) in [5.74, 6) is -1.45. The molecule has 0 atom stereocenters. The lowest BCUT2D eigenvalue weighted by Gasteiger charge is -2.36. The Morgan fingerprint density at radius 1 is 0.967 bits per heavy atom. The molecule has 2 aromatic carbocycles. The zero-order chi connectivity index (χ0) is 21.3. The molecule has 0 spiro atoms. The largest absolute Gasteiger partial charge is 0.367 e. The number of piperazine rings is 1. The quantitative estimate of drug-likeness (QED) is 0.542. The average Bonchev–Trinajstić information content (AvgIpc) is 2.77. The molecule has 3 rings (SSSR count). The van der Waals surface area contributed by atoms with Gasteiger partial charge in [-0.3, -0.25) is 14.5 Å². The number of hydrogen-bond acceptors (Lipinski definition) is 4. The number of para-hydroxylation sites is 2. The maximum atomic E-state index is 13.9. The van der Waals surface area contributed by atoms with E-state index in [0.29, 0.717) is 17.9 Å². The summed E-state index contributed by atoms with van der Waals surface area (Å²) >= 11 is 0. The van der Waals surface area contributed by atoms with Crippen LogP contribution in [0.15, 0.2) is 48.5 Å². The first-order valence-corrected chi connectivity index (χ1v) is 10.5. The summed E-state index contributed by atoms with van der Waals surface area (Å²) in [5, 5.41) is 5.36. The van der Waals surface area contributed by atoms with Crippen LogP contribution < -0.4 is 15.5 Å². The van der Waals surface area contributed by atoms with Gasteiger partial charge in [-0.25, -0.2) is 4.39 Å². The van der Waals surface area contributed by atoms with Crippen molar-refractivity contribution in [2.75, 3.05) is 49.5 Å². The van der Waals surface area contributed by atoms with E-state index < -0.39 is 11.8 Å². The maximum absolute atomic E-state index is 13.9. The van der Waals surface area contributed by atoms with Crippen molar-refractivity contribution < 1.29 is 14.0 Å². The number of benzene rings is 2. The summed E-state index contributed by atoms with van der Waals surface area (Å²) in [6, 6.07) is 14.3. The molecule has 30 heavy (non-hydrogen) atoms. The van der Waals surface area contributed by atoms with Crippen LogP contribution >= 0.6 is 0 Å². The van der Waals surface area contributed by atoms with Gasteiger partial charge in [0.05, 0.1) is 5.69 Å². The predicted octanol–water partition coefficient (Wildman–Crippen LogP) is 2.66. The van der Waals surface area contributed by atoms with Crippen LogP contribution in [-0.4, -0.2) is 56.0 Å². The second kappa shape index (κ2) is 10.7. The van der Waals surface area contributed by atoms with Crippen molar-refractivity contribution in [2.45, 2.75) is 19.8 Å². The van der Waals surface area contributed by atoms with Crippen LogP contribution in [0.25, 0.3) is 0 Å². The first-order valence-electron chi connectivity index (χ1n) is 10.5. The Labute approximate surface area is 177 Å². The lowest BCUT2D eigenvalue weighted by Crippen LogP contribution is -2.47. The highest BCUT2D eigenvalue weighted by molar-refractivity contribution is 6.39. The number of carbonyl (C=O) groups excluding carboxylic acids is 2. The molecule has 0 aliphatic carbocycles. The van der Waals surface area contributed by atoms with E-state index in [1.807, 2.05) is 37.3 Å². The van der Waals surface area contributed by atoms with Crippen molar-refractivity contribution in [2.24, 2.45) is 0 Å². The standard InChI is InChI=1S/C23H29FN4O2/c1-2-18-8-3-5-10-20(18)26-23(30)22(29)25-12-7-13-27-14-16-28(17-15-27)21-11-6-4-9-19(21)24/h3-6,8-11H,2,7,12-17H2,1H3,(H,25,29)(H,26,30). The summed E-state index contributed by atoms with van der Waals surface area (Å²) in [4.78, 5) is 28.5. The van der Waals surface area contributed by atoms with Gasteiger partial charge in [0.15, 0.2) is 0 Å². The van der Waals surface area contributed by atoms with Gasteiger partial charge in [0.2, 0.25) is 0 Å². The molecular weight excluding hydrogens is 383 g/mol. The fourth-order valence-electron chi connectivity index (χ4n) is 3.64. The Morgan fingerprint density at radius 3 is 2.40 bits per heavy atom. The Morgan fingerprint density at radius 2 is 1.67 bits per heavy atom. The molecule has 0 aromatic heterocycles. The lowest BCUT2D eigenvalue weighted by molar-refractivity contribution is -0.136. The number of nitrogens with one attached hydrogen (secondary N) is 2. The molecule has 160 valence electrons. The highest BCUT2D eigenvalue weighted by Crippen LogP contribution is 2.20. The van der Waals surface area contributed by atoms with E-state index in [0.717, 1.165) is 51.1 Å². The Kier molecular flexibility index (Phi) is 7.79. The fourth-order valence-corrected chi connectivity index (χ4v) is 3.64. The molecule has 1 saturated heterocycles. The molecule has 0 radical (unpaired) electrons. The van der Waals surface area contributed by atoms with E-state index in [9.17, 15) is 14.0 Å². The fraction of sp³-hybridized carbons (Fsp3) is 0.391. The molecule has 2 amide bonds. The lowest BCUT2D eigenvalue weighted by atomic mass is 10.1. The third kappa shape index (κ3) is 5.79. The Balaban J connectivity index is 1.35. The van der Waals surface area contributed by atoms with Gasteiger partial charge < -0.3 is 15.5 Å². The maximum Gasteiger partial charge on any atom is 0.313 e. The second-order valence-electron chi connectivity index (χ2n) is 7.35. The molecule has 0 unspecified atom stereocenters. The number of hydrogen-bond donors (Lipinski definition) is 2. The molecule has 2 N–H and O–H groups in total. The minimum absolute atomic E-state index is 0.187. The van der Waals surface area contributed by atoms with E-state index in [-0.39, 0.29) is 5.82 Å². The number of aryl methyl sites for hydroxylation is 1. The summed E-state index contributed by atoms with van der Waals surface area (Å²) < 4.78 is 13.9. The molecule has 1 heterocycles. The van der Waals surface area contributed by atoms with Crippen molar-refractivity contribution >= 4 is 23.2 Å². The van der Waals surface area contributed by atoms with E-state index >= 15 is 0 Å². The monoisotopic (exact) mass is 412 g/mol. The molecule has 1 aliphatic rings. The summed E-state index contributed by atoms with van der Waals surface area (Å²) in [5.41, 5.74) is 2.32. The SMILES string of the molecule is CCc1ccccc1NC(=O)C(=O)NCCCN1CCN(c2ccccc2F)CC1. The molecule has 7 heteroatoms. The van der Waals surface area contributed by atoms with Gasteiger partial charge in [-0.05, 0) is 43.1 Å². The topological polar surface area (TPSA) is 64.7 Å². The third-order valence-electron chi connectivity index (χ3n) is 5.35. The van der Waals surface area contributed by atoms with E-state index in [1.54, 1.807) is 12.1 Å². The molecule has 2 aromatic rings. The number of halogens is 1. The van der Waals surface area contributed by atoms with E-state index in [4.69, 9.17) is 0 Å². The van der Waals surface area contributed by atoms with Crippen LogP contribution in [-0.2, 0) is 16.0 Å². The van der Waals surface area contributed by atoms with Gasteiger partial charge >= 0.3 is 11.8 Å². The van der Waals surface area contributed by atoms with E-state index in [1.165, 1.54) is 6.07 Å². The summed E-state index contributed by atoms with van der Waals surface area (Å²) in [7, 11) is 0. The van der Waals surface area contributed by atoms with Gasteiger partial charge in [-0.1, -0.05) is 37.3 Å². The number of nitrogens with zero attached hydrogens (tertiary/aromatic N) is 2. The Bertz CT molecular complexity index is 866. The second-order valence-corrected chi connectivity index (χ2v) is 7.35. The minimum Gasteiger partial charge on any atom is -0.367 e. The first kappa shape index (κ1) is 21.8. The molecule has 0 saturated carbocycles. The van der Waals surface area contributed by atoms with Crippen molar-refractivity contribution in [3.63, 3.8) is 0 Å². The number of anilines is 2. The Hall–Kier alpha value is -2.93. The molecule has 1 aliphatic heterocycles. The van der Waals surface area contributed by atoms with Crippen molar-refractivity contribution in [1.82, 2.24) is 10.2 Å². The summed E-state index contributed by atoms with van der Waals surface area (Å²) in [6.07, 6.45) is 1.53. The van der Waals surface area contributed by atoms with Crippen LogP contribution in [0.4, 0.5) is 15.8 Å². The molecule has 6 nitrogen and oxygen atoms in total. The number of amides is 2. The van der Waals surface area contributed by atoms with Crippen LogP contribution in [0.1, 0.15) is 18.9 Å². The van der Waals surface area contributed by atoms with Gasteiger partial charge in [-0.2, -0.15) is 0 Å². The van der Waals surface area contributed by atoms with Crippen LogP contribution in [0.5, 0.6) is 0 Å². The van der Waals surface area contributed by atoms with Crippen LogP contribution in [0.3, 0.4) is 0 Å². The van der Waals surface area contributed by atoms with Crippen molar-refractivity contribution in [3.8, 4) is 0 Å². The van der Waals surface area contributed by atoms with Crippen LogP contribution in [0, 0.1) is 5.82 Å². The van der Waals surface area contributed by atoms with Gasteiger partial charge in [0.25, 0.3) is 0 Å². The van der Waals surface area contributed by atoms with Gasteiger partial charge in [-0.15, -0.1) is 0 Å². The smallest absolute Gasteiger partial charge is 0.313 e. The average molecular weight is 413 g/mol. The first-order chi connectivity index (χ1) is 14.6. The molecule has 1 fully saturated rings. The molecular formula is C23H29FN4O2. The van der Waals surface area contributed by atoms with Crippen molar-refractivity contribution in [3.05, 3.63) is 59.9 Å². The van der Waals surface area contributed by atoms with Gasteiger partial charge in [0, 0.05) is 38.4 Å². The zero-order valence-electron chi connectivity index (χ0n) is 17.4. The minimum atomic E-state index is -0.644. The van der Waals surface area contributed by atoms with Gasteiger partial charge in [0.1, 0.15) is 5.82 Å². The number of rotatable bonds is 7. The highest BCUT2D eigenvalue weighted by Gasteiger charge is 2.19. The predicted molar refractivity (Wildman–Crippen MR) is 117 cm³/mol. The zero-order valence-corrected chi connectivity index (χ0v) is 17.4. The summed E-state index contributed by atoms with van der Waals surface area (Å²) in [6.45, 7) is 6.49.